The van der Waals surface area contributed by atoms with Crippen LogP contribution in [0.1, 0.15) is 33.0 Å². The average Bonchev–Trinajstić information content (AvgIpc) is 2.95. The van der Waals surface area contributed by atoms with Gasteiger partial charge < -0.3 is 5.32 Å². The maximum absolute atomic E-state index is 13.0. The second-order valence-electron chi connectivity index (χ2n) is 6.45. The summed E-state index contributed by atoms with van der Waals surface area (Å²) in [6, 6.07) is 9.55. The van der Waals surface area contributed by atoms with Crippen molar-refractivity contribution >= 4 is 17.5 Å². The number of carbonyl (C=O) groups is 2. The molecule has 150 valence electrons. The molecule has 0 aliphatic carbocycles. The molecule has 1 amide bonds. The van der Waals surface area contributed by atoms with E-state index in [1.54, 1.807) is 25.1 Å². The Hall–Kier alpha value is -3.49. The van der Waals surface area contributed by atoms with Crippen LogP contribution in [0.25, 0.3) is 5.69 Å². The van der Waals surface area contributed by atoms with Gasteiger partial charge in [0, 0.05) is 5.69 Å². The van der Waals surface area contributed by atoms with E-state index in [0.717, 1.165) is 12.1 Å². The first kappa shape index (κ1) is 20.2. The minimum atomic E-state index is -4.51. The van der Waals surface area contributed by atoms with Crippen molar-refractivity contribution in [2.75, 3.05) is 5.32 Å². The molecule has 0 bridgehead atoms. The number of ketones is 1. The third-order valence-corrected chi connectivity index (χ3v) is 4.27. The van der Waals surface area contributed by atoms with E-state index in [-0.39, 0.29) is 28.5 Å². The van der Waals surface area contributed by atoms with Crippen molar-refractivity contribution in [1.29, 1.82) is 0 Å². The van der Waals surface area contributed by atoms with Crippen LogP contribution in [0.15, 0.2) is 42.5 Å². The van der Waals surface area contributed by atoms with Gasteiger partial charge in [0.05, 0.1) is 28.2 Å². The number of amides is 1. The maximum atomic E-state index is 13.0. The molecule has 0 spiro atoms. The van der Waals surface area contributed by atoms with Crippen molar-refractivity contribution in [2.45, 2.75) is 26.9 Å². The number of aryl methyl sites for hydroxylation is 2. The molecule has 2 aromatic heterocycles. The molecule has 6 nitrogen and oxygen atoms in total. The topological polar surface area (TPSA) is 76.9 Å². The number of nitrogens with one attached hydrogen (secondary N) is 1. The largest absolute Gasteiger partial charge is 0.416 e. The van der Waals surface area contributed by atoms with Gasteiger partial charge in [0.15, 0.2) is 0 Å². The van der Waals surface area contributed by atoms with Crippen LogP contribution in [0.2, 0.25) is 0 Å². The average molecular weight is 402 g/mol. The first-order valence-electron chi connectivity index (χ1n) is 8.61. The standard InChI is InChI=1S/C20H17F3N4O2/c1-11-6-4-9-16(24-11)25-19(29)18(28)17-12(2)26-27(13(17)3)15-8-5-7-14(10-15)20(21,22)23/h4-10H,1-3H3,(H,24,25,29). The molecule has 0 fully saturated rings. The summed E-state index contributed by atoms with van der Waals surface area (Å²) >= 11 is 0. The minimum absolute atomic E-state index is 0.0348. The van der Waals surface area contributed by atoms with Gasteiger partial charge in [0.25, 0.3) is 11.7 Å². The van der Waals surface area contributed by atoms with Gasteiger partial charge in [0.1, 0.15) is 5.82 Å². The summed E-state index contributed by atoms with van der Waals surface area (Å²) in [5, 5.41) is 6.59. The van der Waals surface area contributed by atoms with E-state index in [0.29, 0.717) is 5.69 Å². The monoisotopic (exact) mass is 402 g/mol. The molecule has 0 saturated carbocycles. The van der Waals surface area contributed by atoms with Crippen LogP contribution in [-0.4, -0.2) is 26.5 Å². The number of anilines is 1. The fraction of sp³-hybridized carbons (Fsp3) is 0.200. The van der Waals surface area contributed by atoms with Gasteiger partial charge in [-0.05, 0) is 51.1 Å². The number of halogens is 3. The second kappa shape index (κ2) is 7.50. The summed E-state index contributed by atoms with van der Waals surface area (Å²) in [6.45, 7) is 4.78. The van der Waals surface area contributed by atoms with Gasteiger partial charge >= 0.3 is 6.18 Å². The molecule has 0 saturated heterocycles. The number of hydrogen-bond donors (Lipinski definition) is 1. The van der Waals surface area contributed by atoms with Crippen molar-refractivity contribution in [3.8, 4) is 5.69 Å². The molecule has 0 aliphatic rings. The lowest BCUT2D eigenvalue weighted by molar-refractivity contribution is -0.137. The van der Waals surface area contributed by atoms with Crippen LogP contribution in [0.5, 0.6) is 0 Å². The fourth-order valence-corrected chi connectivity index (χ4v) is 2.94. The van der Waals surface area contributed by atoms with Crippen LogP contribution in [0, 0.1) is 20.8 Å². The highest BCUT2D eigenvalue weighted by Crippen LogP contribution is 2.31. The van der Waals surface area contributed by atoms with Gasteiger partial charge in [-0.15, -0.1) is 0 Å². The summed E-state index contributed by atoms with van der Waals surface area (Å²) in [7, 11) is 0. The van der Waals surface area contributed by atoms with E-state index >= 15 is 0 Å². The van der Waals surface area contributed by atoms with Crippen molar-refractivity contribution in [3.63, 3.8) is 0 Å². The zero-order valence-electron chi connectivity index (χ0n) is 15.8. The number of rotatable bonds is 4. The first-order chi connectivity index (χ1) is 13.6. The summed E-state index contributed by atoms with van der Waals surface area (Å²) in [6.07, 6.45) is -4.51. The second-order valence-corrected chi connectivity index (χ2v) is 6.45. The molecule has 0 radical (unpaired) electrons. The number of pyridine rings is 1. The van der Waals surface area contributed by atoms with Crippen molar-refractivity contribution in [3.05, 3.63) is 70.7 Å². The number of hydrogen-bond acceptors (Lipinski definition) is 4. The smallest absolute Gasteiger partial charge is 0.304 e. The zero-order chi connectivity index (χ0) is 21.3. The Morgan fingerprint density at radius 3 is 2.38 bits per heavy atom. The Morgan fingerprint density at radius 1 is 1.03 bits per heavy atom. The molecule has 2 heterocycles. The fourth-order valence-electron chi connectivity index (χ4n) is 2.94. The Morgan fingerprint density at radius 2 is 1.72 bits per heavy atom. The number of nitrogens with zero attached hydrogens (tertiary/aromatic N) is 3. The molecular formula is C20H17F3N4O2. The third kappa shape index (κ3) is 4.18. The Balaban J connectivity index is 1.93. The highest BCUT2D eigenvalue weighted by molar-refractivity contribution is 6.47. The highest BCUT2D eigenvalue weighted by atomic mass is 19.4. The lowest BCUT2D eigenvalue weighted by Gasteiger charge is -2.10. The molecular weight excluding hydrogens is 385 g/mol. The maximum Gasteiger partial charge on any atom is 0.416 e. The van der Waals surface area contributed by atoms with Gasteiger partial charge in [-0.3, -0.25) is 9.59 Å². The molecule has 0 aliphatic heterocycles. The predicted molar refractivity (Wildman–Crippen MR) is 100.0 cm³/mol. The molecule has 1 aromatic carbocycles. The van der Waals surface area contributed by atoms with E-state index in [1.807, 2.05) is 0 Å². The lowest BCUT2D eigenvalue weighted by atomic mass is 10.1. The highest BCUT2D eigenvalue weighted by Gasteiger charge is 2.31. The molecule has 29 heavy (non-hydrogen) atoms. The van der Waals surface area contributed by atoms with Crippen LogP contribution in [-0.2, 0) is 11.0 Å². The number of carbonyl (C=O) groups excluding carboxylic acids is 2. The summed E-state index contributed by atoms with van der Waals surface area (Å²) < 4.78 is 40.2. The van der Waals surface area contributed by atoms with E-state index in [4.69, 9.17) is 0 Å². The van der Waals surface area contributed by atoms with E-state index in [1.165, 1.54) is 30.7 Å². The normalized spacial score (nSPS) is 11.4. The van der Waals surface area contributed by atoms with Crippen molar-refractivity contribution in [2.24, 2.45) is 0 Å². The van der Waals surface area contributed by atoms with Crippen LogP contribution < -0.4 is 5.32 Å². The first-order valence-corrected chi connectivity index (χ1v) is 8.61. The number of Topliss-reactive ketones (excluding diaryl/α,β-unsaturated/α-hetero) is 1. The van der Waals surface area contributed by atoms with E-state index in [2.05, 4.69) is 15.4 Å². The number of aromatic nitrogens is 3. The quantitative estimate of drug-likeness (QED) is 0.528. The minimum Gasteiger partial charge on any atom is -0.304 e. The Labute approximate surface area is 164 Å². The summed E-state index contributed by atoms with van der Waals surface area (Å²) in [5.74, 6) is -1.52. The Kier molecular flexibility index (Phi) is 5.23. The summed E-state index contributed by atoms with van der Waals surface area (Å²) in [4.78, 5) is 29.2. The lowest BCUT2D eigenvalue weighted by Crippen LogP contribution is -2.24. The van der Waals surface area contributed by atoms with Crippen LogP contribution >= 0.6 is 0 Å². The Bertz CT molecular complexity index is 1100. The molecule has 3 aromatic rings. The van der Waals surface area contributed by atoms with Crippen molar-refractivity contribution in [1.82, 2.24) is 14.8 Å². The van der Waals surface area contributed by atoms with Crippen molar-refractivity contribution < 1.29 is 22.8 Å². The zero-order valence-corrected chi connectivity index (χ0v) is 15.8. The SMILES string of the molecule is Cc1cccc(NC(=O)C(=O)c2c(C)nn(-c3cccc(C(F)(F)F)c3)c2C)n1. The number of alkyl halides is 3. The van der Waals surface area contributed by atoms with Crippen LogP contribution in [0.3, 0.4) is 0 Å². The van der Waals surface area contributed by atoms with Crippen LogP contribution in [0.4, 0.5) is 19.0 Å². The molecule has 3 rings (SSSR count). The molecule has 1 N–H and O–H groups in total. The summed E-state index contributed by atoms with van der Waals surface area (Å²) in [5.41, 5.74) is 0.503. The third-order valence-electron chi connectivity index (χ3n) is 4.27. The molecule has 0 atom stereocenters. The van der Waals surface area contributed by atoms with E-state index < -0.39 is 23.4 Å². The van der Waals surface area contributed by atoms with Gasteiger partial charge in [-0.1, -0.05) is 12.1 Å². The molecule has 0 unspecified atom stereocenters. The molecule has 9 heteroatoms. The predicted octanol–water partition coefficient (Wildman–Crippen LogP) is 4.03. The van der Waals surface area contributed by atoms with Gasteiger partial charge in [-0.25, -0.2) is 9.67 Å². The number of benzene rings is 1. The van der Waals surface area contributed by atoms with Gasteiger partial charge in [0.2, 0.25) is 0 Å². The van der Waals surface area contributed by atoms with E-state index in [9.17, 15) is 22.8 Å². The van der Waals surface area contributed by atoms with Gasteiger partial charge in [-0.2, -0.15) is 18.3 Å².